The molecule has 9 heteroatoms. The van der Waals surface area contributed by atoms with Crippen LogP contribution < -0.4 is 10.6 Å². The van der Waals surface area contributed by atoms with Gasteiger partial charge in [0.25, 0.3) is 5.91 Å². The first-order valence-electron chi connectivity index (χ1n) is 14.0. The highest BCUT2D eigenvalue weighted by Gasteiger charge is 2.39. The fourth-order valence-corrected chi connectivity index (χ4v) is 4.82. The molecule has 224 valence electrons. The molecule has 0 fully saturated rings. The predicted molar refractivity (Wildman–Crippen MR) is 166 cm³/mol. The van der Waals surface area contributed by atoms with Crippen molar-refractivity contribution < 1.29 is 24.2 Å². The average Bonchev–Trinajstić information content (AvgIpc) is 2.92. The number of benzene rings is 3. The molecule has 3 atom stereocenters. The quantitative estimate of drug-likeness (QED) is 0.240. The molecule has 0 aliphatic heterocycles. The Labute approximate surface area is 253 Å². The van der Waals surface area contributed by atoms with Crippen molar-refractivity contribution >= 4 is 35.2 Å². The number of nitrogens with one attached hydrogen (secondary N) is 2. The number of aromatic hydroxyl groups is 1. The van der Waals surface area contributed by atoms with E-state index in [1.165, 1.54) is 17.0 Å². The van der Waals surface area contributed by atoms with Gasteiger partial charge in [0, 0.05) is 12.5 Å². The van der Waals surface area contributed by atoms with Gasteiger partial charge in [-0.05, 0) is 75.9 Å². The van der Waals surface area contributed by atoms with Crippen molar-refractivity contribution in [3.63, 3.8) is 0 Å². The Morgan fingerprint density at radius 1 is 0.976 bits per heavy atom. The minimum absolute atomic E-state index is 0.0230. The van der Waals surface area contributed by atoms with Crippen LogP contribution in [0.15, 0.2) is 72.8 Å². The van der Waals surface area contributed by atoms with E-state index in [1.807, 2.05) is 57.2 Å². The molecule has 0 aromatic heterocycles. The third kappa shape index (κ3) is 8.73. The molecule has 0 aliphatic carbocycles. The molecule has 3 rings (SSSR count). The second-order valence-electron chi connectivity index (χ2n) is 11.3. The highest BCUT2D eigenvalue weighted by Crippen LogP contribution is 2.31. The minimum atomic E-state index is -1.11. The predicted octanol–water partition coefficient (Wildman–Crippen LogP) is 6.80. The Morgan fingerprint density at radius 3 is 2.19 bits per heavy atom. The smallest absolute Gasteiger partial charge is 0.408 e. The number of ether oxygens (including phenoxy) is 1. The number of hydrogen-bond acceptors (Lipinski definition) is 5. The minimum Gasteiger partial charge on any atom is -0.508 e. The zero-order valence-corrected chi connectivity index (χ0v) is 25.7. The molecule has 0 radical (unpaired) electrons. The molecule has 0 saturated heterocycles. The number of phenolic OH excluding ortho intramolecular Hbond substituents is 1. The lowest BCUT2D eigenvalue weighted by atomic mass is 9.97. The Morgan fingerprint density at radius 2 is 1.62 bits per heavy atom. The number of alkyl carbamates (subject to hydrolysis) is 1. The number of halogens is 1. The molecule has 3 N–H and O–H groups in total. The summed E-state index contributed by atoms with van der Waals surface area (Å²) in [5.74, 6) is -0.917. The monoisotopic (exact) mass is 593 g/mol. The summed E-state index contributed by atoms with van der Waals surface area (Å²) in [7, 11) is 0. The zero-order valence-electron chi connectivity index (χ0n) is 25.0. The van der Waals surface area contributed by atoms with E-state index in [1.54, 1.807) is 45.0 Å². The fraction of sp³-hybridized carbons (Fsp3) is 0.364. The number of aryl methyl sites for hydroxylation is 1. The molecular formula is C33H40ClN3O5. The summed E-state index contributed by atoms with van der Waals surface area (Å²) in [6.07, 6.45) is -0.0268. The zero-order chi connectivity index (χ0) is 31.0. The number of phenols is 1. The van der Waals surface area contributed by atoms with Crippen LogP contribution in [-0.4, -0.2) is 45.6 Å². The Balaban J connectivity index is 2.10. The van der Waals surface area contributed by atoms with Gasteiger partial charge in [0.1, 0.15) is 23.4 Å². The van der Waals surface area contributed by atoms with Crippen LogP contribution in [0.5, 0.6) is 5.75 Å². The molecule has 8 nitrogen and oxygen atoms in total. The second kappa shape index (κ2) is 14.2. The third-order valence-corrected chi connectivity index (χ3v) is 7.11. The molecule has 0 heterocycles. The number of nitrogens with zero attached hydrogens (tertiary/aromatic N) is 1. The topological polar surface area (TPSA) is 108 Å². The highest BCUT2D eigenvalue weighted by molar-refractivity contribution is 6.34. The fourth-order valence-electron chi connectivity index (χ4n) is 4.55. The van der Waals surface area contributed by atoms with Crippen molar-refractivity contribution in [2.24, 2.45) is 0 Å². The van der Waals surface area contributed by atoms with E-state index >= 15 is 0 Å². The molecule has 3 aromatic carbocycles. The van der Waals surface area contributed by atoms with E-state index in [2.05, 4.69) is 10.6 Å². The number of anilines is 1. The van der Waals surface area contributed by atoms with Crippen molar-refractivity contribution in [3.05, 3.63) is 94.5 Å². The number of carbonyl (C=O) groups excluding carboxylic acids is 3. The lowest BCUT2D eigenvalue weighted by Crippen LogP contribution is -2.55. The summed E-state index contributed by atoms with van der Waals surface area (Å²) in [6.45, 7) is 10.8. The van der Waals surface area contributed by atoms with Gasteiger partial charge >= 0.3 is 6.09 Å². The first kappa shape index (κ1) is 32.5. The summed E-state index contributed by atoms with van der Waals surface area (Å²) in [5.41, 5.74) is 1.74. The van der Waals surface area contributed by atoms with Crippen molar-refractivity contribution in [3.8, 4) is 5.75 Å². The normalized spacial score (nSPS) is 13.4. The van der Waals surface area contributed by atoms with Crippen LogP contribution in [0.3, 0.4) is 0 Å². The van der Waals surface area contributed by atoms with Gasteiger partial charge in [-0.25, -0.2) is 4.79 Å². The molecule has 3 unspecified atom stereocenters. The lowest BCUT2D eigenvalue weighted by molar-refractivity contribution is -0.143. The number of rotatable bonds is 10. The SMILES string of the molecule is CCC(C)N(C(=O)C(Cc1ccccc1)NC(=O)OC(C)(C)C)C(C(=O)Nc1c(C)cccc1Cl)c1ccc(O)cc1. The highest BCUT2D eigenvalue weighted by atomic mass is 35.5. The van der Waals surface area contributed by atoms with E-state index in [0.29, 0.717) is 22.7 Å². The van der Waals surface area contributed by atoms with E-state index < -0.39 is 41.6 Å². The van der Waals surface area contributed by atoms with Crippen LogP contribution in [0, 0.1) is 6.92 Å². The van der Waals surface area contributed by atoms with Gasteiger partial charge in [0.2, 0.25) is 5.91 Å². The van der Waals surface area contributed by atoms with E-state index in [0.717, 1.165) is 11.1 Å². The summed E-state index contributed by atoms with van der Waals surface area (Å²) < 4.78 is 5.49. The molecular weight excluding hydrogens is 554 g/mol. The first-order valence-corrected chi connectivity index (χ1v) is 14.4. The van der Waals surface area contributed by atoms with Crippen molar-refractivity contribution in [1.82, 2.24) is 10.2 Å². The molecule has 0 spiro atoms. The van der Waals surface area contributed by atoms with Crippen LogP contribution >= 0.6 is 11.6 Å². The maximum atomic E-state index is 14.5. The Kier molecular flexibility index (Phi) is 11.0. The summed E-state index contributed by atoms with van der Waals surface area (Å²) >= 11 is 6.44. The molecule has 3 aromatic rings. The third-order valence-electron chi connectivity index (χ3n) is 6.80. The molecule has 0 saturated carbocycles. The largest absolute Gasteiger partial charge is 0.508 e. The molecule has 3 amide bonds. The maximum absolute atomic E-state index is 14.5. The summed E-state index contributed by atoms with van der Waals surface area (Å²) in [4.78, 5) is 43.1. The van der Waals surface area contributed by atoms with Gasteiger partial charge in [-0.3, -0.25) is 9.59 Å². The van der Waals surface area contributed by atoms with E-state index in [9.17, 15) is 19.5 Å². The molecule has 42 heavy (non-hydrogen) atoms. The summed E-state index contributed by atoms with van der Waals surface area (Å²) in [5, 5.41) is 16.0. The second-order valence-corrected chi connectivity index (χ2v) is 11.7. The van der Waals surface area contributed by atoms with Gasteiger partial charge in [0.15, 0.2) is 0 Å². The Hall–Kier alpha value is -4.04. The standard InChI is InChI=1S/C33H40ClN3O5/c1-7-22(3)37(31(40)27(20-23-13-9-8-10-14-23)35-32(41)42-33(4,5)6)29(24-16-18-25(38)19-17-24)30(39)36-28-21(2)12-11-15-26(28)34/h8-19,22,27,29,38H,7,20H2,1-6H3,(H,35,41)(H,36,39). The van der Waals surface area contributed by atoms with Gasteiger partial charge in [0.05, 0.1) is 10.7 Å². The average molecular weight is 594 g/mol. The molecule has 0 aliphatic rings. The summed E-state index contributed by atoms with van der Waals surface area (Å²) in [6, 6.07) is 18.2. The van der Waals surface area contributed by atoms with Gasteiger partial charge in [-0.1, -0.05) is 73.1 Å². The van der Waals surface area contributed by atoms with Gasteiger partial charge < -0.3 is 25.4 Å². The lowest BCUT2D eigenvalue weighted by Gasteiger charge is -2.38. The van der Waals surface area contributed by atoms with Crippen LogP contribution in [0.25, 0.3) is 0 Å². The van der Waals surface area contributed by atoms with Crippen LogP contribution in [0.1, 0.15) is 63.8 Å². The number of para-hydroxylation sites is 1. The number of carbonyl (C=O) groups is 3. The first-order chi connectivity index (χ1) is 19.8. The van der Waals surface area contributed by atoms with Crippen LogP contribution in [-0.2, 0) is 20.7 Å². The molecule has 0 bridgehead atoms. The van der Waals surface area contributed by atoms with Crippen molar-refractivity contribution in [1.29, 1.82) is 0 Å². The van der Waals surface area contributed by atoms with Gasteiger partial charge in [-0.2, -0.15) is 0 Å². The maximum Gasteiger partial charge on any atom is 0.408 e. The van der Waals surface area contributed by atoms with Crippen LogP contribution in [0.4, 0.5) is 10.5 Å². The van der Waals surface area contributed by atoms with E-state index in [-0.39, 0.29) is 12.2 Å². The number of amides is 3. The Bertz CT molecular complexity index is 1350. The van der Waals surface area contributed by atoms with Crippen LogP contribution in [0.2, 0.25) is 5.02 Å². The number of hydrogen-bond donors (Lipinski definition) is 3. The van der Waals surface area contributed by atoms with Crippen molar-refractivity contribution in [2.75, 3.05) is 5.32 Å². The van der Waals surface area contributed by atoms with E-state index in [4.69, 9.17) is 16.3 Å². The van der Waals surface area contributed by atoms with Gasteiger partial charge in [-0.15, -0.1) is 0 Å². The van der Waals surface area contributed by atoms with Crippen molar-refractivity contribution in [2.45, 2.75) is 78.1 Å².